The summed E-state index contributed by atoms with van der Waals surface area (Å²) in [5.74, 6) is 0.773. The van der Waals surface area contributed by atoms with Gasteiger partial charge in [0.15, 0.2) is 0 Å². The number of halogens is 3. The molecular formula is C14H14BrF2N3O. The summed E-state index contributed by atoms with van der Waals surface area (Å²) in [6.07, 6.45) is 2.11. The normalized spacial score (nSPS) is 25.1. The minimum Gasteiger partial charge on any atom is -0.320 e. The first kappa shape index (κ1) is 14.6. The first-order valence-electron chi connectivity index (χ1n) is 6.55. The molecule has 1 heterocycles. The van der Waals surface area contributed by atoms with Gasteiger partial charge < -0.3 is 9.30 Å². The molecule has 0 bridgehead atoms. The van der Waals surface area contributed by atoms with Crippen LogP contribution in [0.1, 0.15) is 24.2 Å². The van der Waals surface area contributed by atoms with Gasteiger partial charge in [0, 0.05) is 11.5 Å². The van der Waals surface area contributed by atoms with Crippen molar-refractivity contribution in [2.45, 2.75) is 31.0 Å². The molecule has 1 aliphatic carbocycles. The molecule has 0 N–H and O–H groups in total. The second kappa shape index (κ2) is 5.46. The number of ether oxygens (including phenoxy) is 1. The molecule has 1 saturated carbocycles. The number of aryl methyl sites for hydroxylation is 1. The fourth-order valence-corrected chi connectivity index (χ4v) is 3.41. The Morgan fingerprint density at radius 2 is 2.19 bits per heavy atom. The predicted octanol–water partition coefficient (Wildman–Crippen LogP) is 3.27. The summed E-state index contributed by atoms with van der Waals surface area (Å²) in [6.45, 7) is -2.74. The Bertz CT molecular complexity index is 641. The van der Waals surface area contributed by atoms with Crippen LogP contribution in [0.15, 0.2) is 35.1 Å². The highest BCUT2D eigenvalue weighted by molar-refractivity contribution is 9.10. The lowest BCUT2D eigenvalue weighted by Crippen LogP contribution is -2.49. The molecule has 1 aliphatic rings. The standard InChI is InChI=1S/C14H14BrF2N3O/c1-20-8-18-19-12(20)14(6-11(7-14)21-13(16)17)9-3-2-4-10(15)5-9/h2-5,8,11,13H,6-7H2,1H3. The number of alkyl halides is 2. The summed E-state index contributed by atoms with van der Waals surface area (Å²) in [5, 5.41) is 8.10. The molecule has 0 amide bonds. The highest BCUT2D eigenvalue weighted by atomic mass is 79.9. The largest absolute Gasteiger partial charge is 0.345 e. The summed E-state index contributed by atoms with van der Waals surface area (Å²) in [5.41, 5.74) is 0.608. The van der Waals surface area contributed by atoms with E-state index in [0.717, 1.165) is 15.9 Å². The van der Waals surface area contributed by atoms with Gasteiger partial charge in [-0.2, -0.15) is 8.78 Å². The van der Waals surface area contributed by atoms with Crippen LogP contribution in [0.3, 0.4) is 0 Å². The Morgan fingerprint density at radius 3 is 2.76 bits per heavy atom. The third-order valence-corrected chi connectivity index (χ3v) is 4.46. The van der Waals surface area contributed by atoms with Crippen LogP contribution in [0.25, 0.3) is 0 Å². The van der Waals surface area contributed by atoms with Crippen LogP contribution < -0.4 is 0 Å². The zero-order chi connectivity index (χ0) is 15.0. The van der Waals surface area contributed by atoms with Crippen LogP contribution in [-0.4, -0.2) is 27.5 Å². The Labute approximate surface area is 129 Å². The van der Waals surface area contributed by atoms with Crippen LogP contribution in [0, 0.1) is 0 Å². The van der Waals surface area contributed by atoms with Crippen LogP contribution in [0.4, 0.5) is 8.78 Å². The summed E-state index contributed by atoms with van der Waals surface area (Å²) < 4.78 is 32.2. The van der Waals surface area contributed by atoms with Crippen molar-refractivity contribution in [1.82, 2.24) is 14.8 Å². The average Bonchev–Trinajstić information content (AvgIpc) is 2.79. The molecule has 0 atom stereocenters. The second-order valence-corrected chi connectivity index (χ2v) is 6.20. The average molecular weight is 358 g/mol. The first-order valence-corrected chi connectivity index (χ1v) is 7.35. The van der Waals surface area contributed by atoms with Crippen molar-refractivity contribution in [3.63, 3.8) is 0 Å². The molecular weight excluding hydrogens is 344 g/mol. The molecule has 112 valence electrons. The van der Waals surface area contributed by atoms with Crippen molar-refractivity contribution in [2.24, 2.45) is 7.05 Å². The summed E-state index contributed by atoms with van der Waals surface area (Å²) in [6, 6.07) is 7.84. The van der Waals surface area contributed by atoms with Gasteiger partial charge in [0.2, 0.25) is 0 Å². The lowest BCUT2D eigenvalue weighted by atomic mass is 9.62. The zero-order valence-electron chi connectivity index (χ0n) is 11.3. The maximum atomic E-state index is 12.4. The van der Waals surface area contributed by atoms with E-state index in [1.54, 1.807) is 6.33 Å². The Balaban J connectivity index is 1.96. The maximum Gasteiger partial charge on any atom is 0.345 e. The van der Waals surface area contributed by atoms with Crippen molar-refractivity contribution in [1.29, 1.82) is 0 Å². The highest BCUT2D eigenvalue weighted by Gasteiger charge is 2.51. The molecule has 1 aromatic heterocycles. The summed E-state index contributed by atoms with van der Waals surface area (Å²) in [7, 11) is 1.86. The van der Waals surface area contributed by atoms with Gasteiger partial charge in [0.05, 0.1) is 11.5 Å². The zero-order valence-corrected chi connectivity index (χ0v) is 12.9. The van der Waals surface area contributed by atoms with Gasteiger partial charge in [-0.3, -0.25) is 0 Å². The number of rotatable bonds is 4. The predicted molar refractivity (Wildman–Crippen MR) is 76.0 cm³/mol. The monoisotopic (exact) mass is 357 g/mol. The van der Waals surface area contributed by atoms with E-state index in [1.165, 1.54) is 0 Å². The van der Waals surface area contributed by atoms with Gasteiger partial charge in [-0.05, 0) is 30.5 Å². The molecule has 4 nitrogen and oxygen atoms in total. The molecule has 1 aromatic carbocycles. The van der Waals surface area contributed by atoms with Gasteiger partial charge in [-0.1, -0.05) is 28.1 Å². The van der Waals surface area contributed by atoms with Crippen LogP contribution in [0.2, 0.25) is 0 Å². The molecule has 0 unspecified atom stereocenters. The molecule has 3 rings (SSSR count). The van der Waals surface area contributed by atoms with E-state index in [-0.39, 0.29) is 0 Å². The fourth-order valence-electron chi connectivity index (χ4n) is 3.01. The number of nitrogens with zero attached hydrogens (tertiary/aromatic N) is 3. The van der Waals surface area contributed by atoms with Crippen molar-refractivity contribution >= 4 is 15.9 Å². The van der Waals surface area contributed by atoms with Crippen LogP contribution >= 0.6 is 15.9 Å². The number of hydrogen-bond donors (Lipinski definition) is 0. The van der Waals surface area contributed by atoms with Gasteiger partial charge in [-0.25, -0.2) is 0 Å². The molecule has 1 fully saturated rings. The first-order chi connectivity index (χ1) is 10.0. The van der Waals surface area contributed by atoms with Crippen LogP contribution in [-0.2, 0) is 17.2 Å². The van der Waals surface area contributed by atoms with E-state index < -0.39 is 18.1 Å². The van der Waals surface area contributed by atoms with Gasteiger partial charge in [-0.15, -0.1) is 10.2 Å². The van der Waals surface area contributed by atoms with Gasteiger partial charge in [0.1, 0.15) is 12.2 Å². The highest BCUT2D eigenvalue weighted by Crippen LogP contribution is 2.50. The van der Waals surface area contributed by atoms with Crippen LogP contribution in [0.5, 0.6) is 0 Å². The molecule has 7 heteroatoms. The molecule has 2 aromatic rings. The Hall–Kier alpha value is -1.34. The molecule has 0 spiro atoms. The maximum absolute atomic E-state index is 12.4. The van der Waals surface area contributed by atoms with E-state index in [2.05, 4.69) is 30.9 Å². The lowest BCUT2D eigenvalue weighted by molar-refractivity contribution is -0.192. The Kier molecular flexibility index (Phi) is 3.79. The number of benzene rings is 1. The molecule has 0 saturated heterocycles. The van der Waals surface area contributed by atoms with Gasteiger partial charge >= 0.3 is 6.61 Å². The van der Waals surface area contributed by atoms with E-state index in [1.807, 2.05) is 35.9 Å². The SMILES string of the molecule is Cn1cnnc1C1(c2cccc(Br)c2)CC(OC(F)F)C1. The smallest absolute Gasteiger partial charge is 0.320 e. The summed E-state index contributed by atoms with van der Waals surface area (Å²) in [4.78, 5) is 0. The van der Waals surface area contributed by atoms with E-state index in [9.17, 15) is 8.78 Å². The molecule has 0 radical (unpaired) electrons. The minimum absolute atomic E-state index is 0.422. The van der Waals surface area contributed by atoms with E-state index >= 15 is 0 Å². The number of aromatic nitrogens is 3. The lowest BCUT2D eigenvalue weighted by Gasteiger charge is -2.46. The summed E-state index contributed by atoms with van der Waals surface area (Å²) >= 11 is 3.45. The fraction of sp³-hybridized carbons (Fsp3) is 0.429. The topological polar surface area (TPSA) is 39.9 Å². The third kappa shape index (κ3) is 2.60. The number of hydrogen-bond acceptors (Lipinski definition) is 3. The van der Waals surface area contributed by atoms with Crippen molar-refractivity contribution in [3.05, 3.63) is 46.5 Å². The second-order valence-electron chi connectivity index (χ2n) is 5.28. The van der Waals surface area contributed by atoms with Gasteiger partial charge in [0.25, 0.3) is 0 Å². The third-order valence-electron chi connectivity index (χ3n) is 3.96. The molecule has 0 aliphatic heterocycles. The van der Waals surface area contributed by atoms with Crippen molar-refractivity contribution in [3.8, 4) is 0 Å². The minimum atomic E-state index is -2.74. The molecule has 21 heavy (non-hydrogen) atoms. The Morgan fingerprint density at radius 1 is 1.43 bits per heavy atom. The quantitative estimate of drug-likeness (QED) is 0.842. The van der Waals surface area contributed by atoms with Crippen molar-refractivity contribution < 1.29 is 13.5 Å². The van der Waals surface area contributed by atoms with E-state index in [4.69, 9.17) is 0 Å². The van der Waals surface area contributed by atoms with E-state index in [0.29, 0.717) is 12.8 Å². The van der Waals surface area contributed by atoms with Crippen molar-refractivity contribution in [2.75, 3.05) is 0 Å².